The highest BCUT2D eigenvalue weighted by Gasteiger charge is 2.10. The fraction of sp³-hybridized carbons (Fsp3) is 0. The average Bonchev–Trinajstić information content (AvgIpc) is 2.76. The van der Waals surface area contributed by atoms with E-state index in [-0.39, 0.29) is 0 Å². The van der Waals surface area contributed by atoms with Gasteiger partial charge in [-0.25, -0.2) is 0 Å². The molecule has 0 aliphatic rings. The summed E-state index contributed by atoms with van der Waals surface area (Å²) in [5.41, 5.74) is 8.43. The van der Waals surface area contributed by atoms with Crippen LogP contribution in [-0.4, -0.2) is 14.6 Å². The lowest BCUT2D eigenvalue weighted by atomic mass is 10.2. The third-order valence-electron chi connectivity index (χ3n) is 2.57. The van der Waals surface area contributed by atoms with Gasteiger partial charge in [0.25, 0.3) is 0 Å². The summed E-state index contributed by atoms with van der Waals surface area (Å²) in [6, 6.07) is 11.7. The minimum atomic E-state index is 0.712. The molecular formula is C12H9IN4. The molecule has 1 aromatic carbocycles. The van der Waals surface area contributed by atoms with Gasteiger partial charge in [-0.2, -0.15) is 0 Å². The monoisotopic (exact) mass is 336 g/mol. The van der Waals surface area contributed by atoms with Gasteiger partial charge in [-0.05, 0) is 52.9 Å². The molecule has 17 heavy (non-hydrogen) atoms. The van der Waals surface area contributed by atoms with Crippen molar-refractivity contribution in [1.82, 2.24) is 14.6 Å². The van der Waals surface area contributed by atoms with E-state index in [1.165, 1.54) is 0 Å². The van der Waals surface area contributed by atoms with E-state index in [1.54, 1.807) is 0 Å². The van der Waals surface area contributed by atoms with Crippen molar-refractivity contribution in [3.63, 3.8) is 0 Å². The van der Waals surface area contributed by atoms with Crippen molar-refractivity contribution in [3.8, 4) is 11.4 Å². The number of aromatic nitrogens is 3. The van der Waals surface area contributed by atoms with E-state index in [4.69, 9.17) is 5.73 Å². The molecule has 0 saturated carbocycles. The molecule has 2 aromatic heterocycles. The first kappa shape index (κ1) is 10.5. The van der Waals surface area contributed by atoms with Gasteiger partial charge in [0.1, 0.15) is 0 Å². The zero-order valence-electron chi connectivity index (χ0n) is 8.84. The highest BCUT2D eigenvalue weighted by molar-refractivity contribution is 14.1. The van der Waals surface area contributed by atoms with Crippen LogP contribution in [0.5, 0.6) is 0 Å². The Morgan fingerprint density at radius 2 is 2.00 bits per heavy atom. The van der Waals surface area contributed by atoms with Gasteiger partial charge >= 0.3 is 0 Å². The predicted molar refractivity (Wildman–Crippen MR) is 75.6 cm³/mol. The van der Waals surface area contributed by atoms with Gasteiger partial charge in [0.05, 0.1) is 0 Å². The Labute approximate surface area is 112 Å². The van der Waals surface area contributed by atoms with Crippen LogP contribution in [0.2, 0.25) is 0 Å². The van der Waals surface area contributed by atoms with Gasteiger partial charge in [-0.1, -0.05) is 6.07 Å². The summed E-state index contributed by atoms with van der Waals surface area (Å²) in [5, 5.41) is 8.32. The standard InChI is InChI=1S/C12H9IN4/c13-8-4-5-10(14)9(7-8)12-16-15-11-3-1-2-6-17(11)12/h1-7H,14H2. The van der Waals surface area contributed by atoms with Crippen LogP contribution in [0, 0.1) is 3.57 Å². The van der Waals surface area contributed by atoms with Crippen LogP contribution in [0.3, 0.4) is 0 Å². The van der Waals surface area contributed by atoms with Gasteiger partial charge in [0, 0.05) is 21.0 Å². The summed E-state index contributed by atoms with van der Waals surface area (Å²) in [6.07, 6.45) is 1.93. The molecule has 3 rings (SSSR count). The highest BCUT2D eigenvalue weighted by atomic mass is 127. The zero-order chi connectivity index (χ0) is 11.8. The van der Waals surface area contributed by atoms with Crippen LogP contribution in [-0.2, 0) is 0 Å². The Balaban J connectivity index is 2.31. The van der Waals surface area contributed by atoms with E-state index in [0.717, 1.165) is 20.6 Å². The molecule has 5 heteroatoms. The topological polar surface area (TPSA) is 56.2 Å². The summed E-state index contributed by atoms with van der Waals surface area (Å²) in [5.74, 6) is 0.775. The number of benzene rings is 1. The largest absolute Gasteiger partial charge is 0.398 e. The fourth-order valence-electron chi connectivity index (χ4n) is 1.75. The normalized spacial score (nSPS) is 10.9. The summed E-state index contributed by atoms with van der Waals surface area (Å²) in [6.45, 7) is 0. The van der Waals surface area contributed by atoms with Crippen molar-refractivity contribution in [2.75, 3.05) is 5.73 Å². The van der Waals surface area contributed by atoms with Gasteiger partial charge < -0.3 is 5.73 Å². The van der Waals surface area contributed by atoms with Gasteiger partial charge in [0.2, 0.25) is 0 Å². The van der Waals surface area contributed by atoms with Crippen molar-refractivity contribution < 1.29 is 0 Å². The van der Waals surface area contributed by atoms with Crippen molar-refractivity contribution in [3.05, 3.63) is 46.2 Å². The predicted octanol–water partition coefficient (Wildman–Crippen LogP) is 2.58. The number of anilines is 1. The molecule has 0 spiro atoms. The molecule has 2 heterocycles. The summed E-state index contributed by atoms with van der Waals surface area (Å²) in [7, 11) is 0. The van der Waals surface area contributed by atoms with E-state index in [0.29, 0.717) is 5.69 Å². The van der Waals surface area contributed by atoms with E-state index in [2.05, 4.69) is 32.8 Å². The van der Waals surface area contributed by atoms with E-state index < -0.39 is 0 Å². The number of pyridine rings is 1. The molecular weight excluding hydrogens is 327 g/mol. The van der Waals surface area contributed by atoms with Gasteiger partial charge in [-0.3, -0.25) is 4.40 Å². The number of fused-ring (bicyclic) bond motifs is 1. The van der Waals surface area contributed by atoms with Crippen molar-refractivity contribution in [2.45, 2.75) is 0 Å². The molecule has 0 bridgehead atoms. The van der Waals surface area contributed by atoms with Crippen molar-refractivity contribution >= 4 is 33.9 Å². The molecule has 0 saturated heterocycles. The number of nitrogens with two attached hydrogens (primary N) is 1. The van der Waals surface area contributed by atoms with E-state index in [1.807, 2.05) is 47.0 Å². The molecule has 0 aliphatic carbocycles. The lowest BCUT2D eigenvalue weighted by molar-refractivity contribution is 1.11. The number of hydrogen-bond donors (Lipinski definition) is 1. The molecule has 0 amide bonds. The zero-order valence-corrected chi connectivity index (χ0v) is 11.0. The molecule has 84 valence electrons. The van der Waals surface area contributed by atoms with Crippen LogP contribution in [0.4, 0.5) is 5.69 Å². The van der Waals surface area contributed by atoms with Crippen LogP contribution < -0.4 is 5.73 Å². The first-order valence-electron chi connectivity index (χ1n) is 5.11. The minimum Gasteiger partial charge on any atom is -0.398 e. The maximum absolute atomic E-state index is 5.99. The number of nitrogens with zero attached hydrogens (tertiary/aromatic N) is 3. The SMILES string of the molecule is Nc1ccc(I)cc1-c1nnc2ccccn12. The Kier molecular flexibility index (Phi) is 2.47. The number of rotatable bonds is 1. The van der Waals surface area contributed by atoms with Crippen LogP contribution >= 0.6 is 22.6 Å². The lowest BCUT2D eigenvalue weighted by Gasteiger charge is -2.04. The first-order valence-corrected chi connectivity index (χ1v) is 6.19. The smallest absolute Gasteiger partial charge is 0.170 e. The third kappa shape index (κ3) is 1.76. The molecule has 0 fully saturated rings. The second-order valence-electron chi connectivity index (χ2n) is 3.68. The highest BCUT2D eigenvalue weighted by Crippen LogP contribution is 2.26. The fourth-order valence-corrected chi connectivity index (χ4v) is 2.24. The Morgan fingerprint density at radius 3 is 2.88 bits per heavy atom. The molecule has 2 N–H and O–H groups in total. The summed E-state index contributed by atoms with van der Waals surface area (Å²) in [4.78, 5) is 0. The Morgan fingerprint density at radius 1 is 1.12 bits per heavy atom. The maximum atomic E-state index is 5.99. The van der Waals surface area contributed by atoms with Crippen LogP contribution in [0.25, 0.3) is 17.0 Å². The maximum Gasteiger partial charge on any atom is 0.170 e. The Bertz CT molecular complexity index is 690. The molecule has 0 atom stereocenters. The average molecular weight is 336 g/mol. The number of hydrogen-bond acceptors (Lipinski definition) is 3. The van der Waals surface area contributed by atoms with Crippen LogP contribution in [0.1, 0.15) is 0 Å². The molecule has 4 nitrogen and oxygen atoms in total. The molecule has 0 unspecified atom stereocenters. The summed E-state index contributed by atoms with van der Waals surface area (Å²) < 4.78 is 3.06. The Hall–Kier alpha value is -1.63. The van der Waals surface area contributed by atoms with Gasteiger partial charge in [0.15, 0.2) is 11.5 Å². The quantitative estimate of drug-likeness (QED) is 0.549. The van der Waals surface area contributed by atoms with Crippen molar-refractivity contribution in [2.24, 2.45) is 0 Å². The van der Waals surface area contributed by atoms with E-state index >= 15 is 0 Å². The third-order valence-corrected chi connectivity index (χ3v) is 3.24. The lowest BCUT2D eigenvalue weighted by Crippen LogP contribution is -1.95. The number of halogens is 1. The van der Waals surface area contributed by atoms with Gasteiger partial charge in [-0.15, -0.1) is 10.2 Å². The molecule has 0 radical (unpaired) electrons. The summed E-state index contributed by atoms with van der Waals surface area (Å²) >= 11 is 2.26. The first-order chi connectivity index (χ1) is 8.25. The minimum absolute atomic E-state index is 0.712. The van der Waals surface area contributed by atoms with E-state index in [9.17, 15) is 0 Å². The molecule has 0 aliphatic heterocycles. The second kappa shape index (κ2) is 3.99. The second-order valence-corrected chi connectivity index (χ2v) is 4.93. The molecule has 3 aromatic rings. The number of nitrogen functional groups attached to an aromatic ring is 1. The van der Waals surface area contributed by atoms with Crippen molar-refractivity contribution in [1.29, 1.82) is 0 Å². The van der Waals surface area contributed by atoms with Crippen LogP contribution in [0.15, 0.2) is 42.6 Å².